The Hall–Kier alpha value is -0.660. The highest BCUT2D eigenvalue weighted by atomic mass is 79.9. The molecule has 68 valence electrons. The Labute approximate surface area is 87.1 Å². The van der Waals surface area contributed by atoms with E-state index in [9.17, 15) is 8.78 Å². The van der Waals surface area contributed by atoms with Gasteiger partial charge in [0, 0.05) is 10.0 Å². The Morgan fingerprint density at radius 3 is 2.54 bits per heavy atom. The molecule has 0 unspecified atom stereocenters. The molecule has 5 heteroatoms. The lowest BCUT2D eigenvalue weighted by Crippen LogP contribution is -1.90. The zero-order valence-corrected chi connectivity index (χ0v) is 8.53. The van der Waals surface area contributed by atoms with Gasteiger partial charge in [-0.3, -0.25) is 0 Å². The third kappa shape index (κ3) is 2.17. The zero-order valence-electron chi connectivity index (χ0n) is 6.19. The van der Waals surface area contributed by atoms with Gasteiger partial charge in [0.25, 0.3) is 6.43 Å². The molecule has 13 heavy (non-hydrogen) atoms. The summed E-state index contributed by atoms with van der Waals surface area (Å²) in [5.41, 5.74) is -0.401. The van der Waals surface area contributed by atoms with E-state index in [0.717, 1.165) is 6.07 Å². The van der Waals surface area contributed by atoms with Gasteiger partial charge in [0.2, 0.25) is 0 Å². The fourth-order valence-corrected chi connectivity index (χ4v) is 1.36. The van der Waals surface area contributed by atoms with Gasteiger partial charge < -0.3 is 0 Å². The minimum absolute atomic E-state index is 0.0636. The van der Waals surface area contributed by atoms with Gasteiger partial charge in [-0.15, -0.1) is 0 Å². The van der Waals surface area contributed by atoms with Gasteiger partial charge in [-0.05, 0) is 28.1 Å². The minimum atomic E-state index is -2.68. The summed E-state index contributed by atoms with van der Waals surface area (Å²) < 4.78 is 25.0. The summed E-state index contributed by atoms with van der Waals surface area (Å²) in [6.45, 7) is 0. The molecular weight excluding hydrogens is 263 g/mol. The molecule has 0 radical (unpaired) electrons. The molecule has 0 bridgehead atoms. The van der Waals surface area contributed by atoms with Gasteiger partial charge in [-0.2, -0.15) is 5.26 Å². The van der Waals surface area contributed by atoms with E-state index in [1.807, 2.05) is 0 Å². The van der Waals surface area contributed by atoms with Crippen molar-refractivity contribution in [3.63, 3.8) is 0 Å². The van der Waals surface area contributed by atoms with Gasteiger partial charge in [0.05, 0.1) is 16.7 Å². The molecule has 0 atom stereocenters. The van der Waals surface area contributed by atoms with Gasteiger partial charge in [-0.25, -0.2) is 8.78 Å². The highest BCUT2D eigenvalue weighted by Crippen LogP contribution is 2.31. The summed E-state index contributed by atoms with van der Waals surface area (Å²) >= 11 is 8.64. The molecule has 1 rings (SSSR count). The van der Waals surface area contributed by atoms with Crippen LogP contribution >= 0.6 is 27.5 Å². The number of nitriles is 1. The lowest BCUT2D eigenvalue weighted by atomic mass is 10.1. The maximum absolute atomic E-state index is 12.3. The van der Waals surface area contributed by atoms with Gasteiger partial charge >= 0.3 is 0 Å². The zero-order chi connectivity index (χ0) is 10.0. The number of rotatable bonds is 1. The van der Waals surface area contributed by atoms with Crippen LogP contribution in [0, 0.1) is 11.3 Å². The van der Waals surface area contributed by atoms with Crippen molar-refractivity contribution in [3.05, 3.63) is 32.8 Å². The molecule has 0 aliphatic rings. The Kier molecular flexibility index (Phi) is 3.23. The van der Waals surface area contributed by atoms with Crippen molar-refractivity contribution in [2.24, 2.45) is 0 Å². The van der Waals surface area contributed by atoms with Crippen molar-refractivity contribution in [1.82, 2.24) is 0 Å². The monoisotopic (exact) mass is 265 g/mol. The largest absolute Gasteiger partial charge is 0.265 e. The third-order valence-electron chi connectivity index (χ3n) is 1.45. The first-order chi connectivity index (χ1) is 6.06. The summed E-state index contributed by atoms with van der Waals surface area (Å²) in [6, 6.07) is 4.05. The Morgan fingerprint density at radius 2 is 2.08 bits per heavy atom. The number of hydrogen-bond donors (Lipinski definition) is 0. The lowest BCUT2D eigenvalue weighted by Gasteiger charge is -2.04. The first-order valence-corrected chi connectivity index (χ1v) is 4.40. The summed E-state index contributed by atoms with van der Waals surface area (Å²) in [5.74, 6) is 0. The molecule has 1 nitrogen and oxygen atoms in total. The van der Waals surface area contributed by atoms with Crippen molar-refractivity contribution in [2.45, 2.75) is 6.43 Å². The van der Waals surface area contributed by atoms with E-state index >= 15 is 0 Å². The normalized spacial score (nSPS) is 10.2. The molecule has 0 N–H and O–H groups in total. The first-order valence-electron chi connectivity index (χ1n) is 3.23. The van der Waals surface area contributed by atoms with Crippen molar-refractivity contribution < 1.29 is 8.78 Å². The van der Waals surface area contributed by atoms with Crippen LogP contribution in [0.5, 0.6) is 0 Å². The van der Waals surface area contributed by atoms with E-state index in [1.54, 1.807) is 6.07 Å². The minimum Gasteiger partial charge on any atom is -0.205 e. The molecule has 0 aromatic heterocycles. The molecule has 0 aliphatic heterocycles. The van der Waals surface area contributed by atoms with E-state index in [0.29, 0.717) is 4.47 Å². The molecular formula is C8H3BrClF2N. The van der Waals surface area contributed by atoms with Crippen LogP contribution in [-0.2, 0) is 0 Å². The highest BCUT2D eigenvalue weighted by Gasteiger charge is 2.14. The second kappa shape index (κ2) is 4.03. The van der Waals surface area contributed by atoms with Gasteiger partial charge in [0.15, 0.2) is 0 Å². The predicted octanol–water partition coefficient (Wildman–Crippen LogP) is 3.91. The fraction of sp³-hybridized carbons (Fsp3) is 0.125. The Balaban J connectivity index is 3.35. The second-order valence-corrected chi connectivity index (χ2v) is 3.53. The molecule has 1 aromatic rings. The average molecular weight is 266 g/mol. The molecule has 0 fully saturated rings. The van der Waals surface area contributed by atoms with Crippen LogP contribution < -0.4 is 0 Å². The second-order valence-electron chi connectivity index (χ2n) is 2.27. The van der Waals surface area contributed by atoms with E-state index in [-0.39, 0.29) is 16.1 Å². The van der Waals surface area contributed by atoms with Crippen molar-refractivity contribution in [2.75, 3.05) is 0 Å². The summed E-state index contributed by atoms with van der Waals surface area (Å²) in [7, 11) is 0. The van der Waals surface area contributed by atoms with E-state index in [1.165, 1.54) is 6.07 Å². The van der Waals surface area contributed by atoms with Crippen molar-refractivity contribution in [1.29, 1.82) is 5.26 Å². The van der Waals surface area contributed by atoms with Crippen LogP contribution in [0.25, 0.3) is 0 Å². The fourth-order valence-electron chi connectivity index (χ4n) is 0.840. The van der Waals surface area contributed by atoms with E-state index in [4.69, 9.17) is 16.9 Å². The summed E-state index contributed by atoms with van der Waals surface area (Å²) in [6.07, 6.45) is -2.68. The van der Waals surface area contributed by atoms with Gasteiger partial charge in [-0.1, -0.05) is 11.6 Å². The molecule has 0 spiro atoms. The topological polar surface area (TPSA) is 23.8 Å². The molecule has 0 heterocycles. The van der Waals surface area contributed by atoms with E-state index in [2.05, 4.69) is 15.9 Å². The molecule has 0 aliphatic carbocycles. The average Bonchev–Trinajstić information content (AvgIpc) is 2.08. The Morgan fingerprint density at radius 1 is 1.46 bits per heavy atom. The summed E-state index contributed by atoms with van der Waals surface area (Å²) in [4.78, 5) is 0. The van der Waals surface area contributed by atoms with Crippen LogP contribution in [-0.4, -0.2) is 0 Å². The van der Waals surface area contributed by atoms with Gasteiger partial charge in [0.1, 0.15) is 0 Å². The Bertz CT molecular complexity index is 373. The van der Waals surface area contributed by atoms with Crippen LogP contribution in [0.3, 0.4) is 0 Å². The number of hydrogen-bond acceptors (Lipinski definition) is 1. The maximum Gasteiger partial charge on any atom is 0.265 e. The molecule has 1 aromatic carbocycles. The van der Waals surface area contributed by atoms with Crippen LogP contribution in [0.2, 0.25) is 5.02 Å². The first kappa shape index (κ1) is 10.4. The lowest BCUT2D eigenvalue weighted by molar-refractivity contribution is 0.151. The van der Waals surface area contributed by atoms with E-state index < -0.39 is 6.43 Å². The third-order valence-corrected chi connectivity index (χ3v) is 2.65. The molecule has 0 saturated heterocycles. The van der Waals surface area contributed by atoms with Crippen LogP contribution in [0.4, 0.5) is 8.78 Å². The standard InChI is InChI=1S/C8H3BrClF2N/c9-6-1-4(3-13)5(8(11)12)2-7(6)10/h1-2,8H. The highest BCUT2D eigenvalue weighted by molar-refractivity contribution is 9.10. The van der Waals surface area contributed by atoms with Crippen molar-refractivity contribution in [3.8, 4) is 6.07 Å². The van der Waals surface area contributed by atoms with Crippen LogP contribution in [0.1, 0.15) is 17.6 Å². The SMILES string of the molecule is N#Cc1cc(Br)c(Cl)cc1C(F)F. The smallest absolute Gasteiger partial charge is 0.205 e. The molecule has 0 saturated carbocycles. The van der Waals surface area contributed by atoms with Crippen LogP contribution in [0.15, 0.2) is 16.6 Å². The number of halogens is 4. The number of benzene rings is 1. The quantitative estimate of drug-likeness (QED) is 0.756. The molecule has 0 amide bonds. The maximum atomic E-state index is 12.3. The van der Waals surface area contributed by atoms with Crippen molar-refractivity contribution >= 4 is 27.5 Å². The summed E-state index contributed by atoms with van der Waals surface area (Å²) in [5, 5.41) is 8.71. The number of alkyl halides is 2. The predicted molar refractivity (Wildman–Crippen MR) is 48.8 cm³/mol. The number of nitrogens with zero attached hydrogens (tertiary/aromatic N) is 1.